The molecular weight excluding hydrogens is 256 g/mol. The Morgan fingerprint density at radius 1 is 0.857 bits per heavy atom. The summed E-state index contributed by atoms with van der Waals surface area (Å²) in [6, 6.07) is 18.9. The number of hydrogen-bond acceptors (Lipinski definition) is 2. The van der Waals surface area contributed by atoms with Crippen LogP contribution in [0.5, 0.6) is 0 Å². The zero-order chi connectivity index (χ0) is 14.9. The average Bonchev–Trinajstić information content (AvgIpc) is 2.47. The molecule has 106 valence electrons. The molecule has 0 fully saturated rings. The van der Waals surface area contributed by atoms with Crippen LogP contribution >= 0.6 is 0 Å². The monoisotopic (exact) mass is 276 g/mol. The molecule has 2 heteroatoms. The molecule has 2 nitrogen and oxygen atoms in total. The summed E-state index contributed by atoms with van der Waals surface area (Å²) < 4.78 is 0. The highest BCUT2D eigenvalue weighted by molar-refractivity contribution is 5.91. The van der Waals surface area contributed by atoms with E-state index in [1.54, 1.807) is 0 Å². The molecule has 0 aliphatic rings. The van der Waals surface area contributed by atoms with Gasteiger partial charge in [-0.3, -0.25) is 4.98 Å². The van der Waals surface area contributed by atoms with Crippen LogP contribution in [-0.2, 0) is 5.41 Å². The highest BCUT2D eigenvalue weighted by Gasteiger charge is 2.12. The Morgan fingerprint density at radius 2 is 1.57 bits per heavy atom. The van der Waals surface area contributed by atoms with Crippen LogP contribution < -0.4 is 5.32 Å². The maximum Gasteiger partial charge on any atom is 0.0936 e. The number of para-hydroxylation sites is 1. The summed E-state index contributed by atoms with van der Waals surface area (Å²) >= 11 is 0. The molecule has 0 aliphatic heterocycles. The van der Waals surface area contributed by atoms with Gasteiger partial charge in [0, 0.05) is 17.3 Å². The fraction of sp³-hybridized carbons (Fsp3) is 0.211. The van der Waals surface area contributed by atoms with E-state index in [0.29, 0.717) is 0 Å². The Labute approximate surface area is 125 Å². The number of aromatic nitrogens is 1. The molecule has 3 aromatic rings. The molecule has 0 saturated carbocycles. The zero-order valence-corrected chi connectivity index (χ0v) is 12.7. The Kier molecular flexibility index (Phi) is 3.38. The van der Waals surface area contributed by atoms with Crippen molar-refractivity contribution in [2.75, 3.05) is 5.32 Å². The zero-order valence-electron chi connectivity index (χ0n) is 12.7. The number of nitrogens with one attached hydrogen (secondary N) is 1. The smallest absolute Gasteiger partial charge is 0.0936 e. The fourth-order valence-electron chi connectivity index (χ4n) is 2.41. The van der Waals surface area contributed by atoms with Gasteiger partial charge < -0.3 is 5.32 Å². The van der Waals surface area contributed by atoms with E-state index in [1.807, 2.05) is 12.3 Å². The van der Waals surface area contributed by atoms with E-state index in [1.165, 1.54) is 5.56 Å². The summed E-state index contributed by atoms with van der Waals surface area (Å²) in [6.45, 7) is 6.68. The summed E-state index contributed by atoms with van der Waals surface area (Å²) in [5.41, 5.74) is 4.64. The third kappa shape index (κ3) is 2.89. The Bertz CT molecular complexity index is 747. The molecule has 0 spiro atoms. The van der Waals surface area contributed by atoms with E-state index in [9.17, 15) is 0 Å². The van der Waals surface area contributed by atoms with E-state index < -0.39 is 0 Å². The van der Waals surface area contributed by atoms with Crippen molar-refractivity contribution in [2.45, 2.75) is 26.2 Å². The summed E-state index contributed by atoms with van der Waals surface area (Å²) in [5.74, 6) is 0. The van der Waals surface area contributed by atoms with Gasteiger partial charge in [0.15, 0.2) is 0 Å². The minimum absolute atomic E-state index is 0.180. The third-order valence-corrected chi connectivity index (χ3v) is 3.66. The van der Waals surface area contributed by atoms with Crippen molar-refractivity contribution < 1.29 is 0 Å². The maximum absolute atomic E-state index is 4.47. The van der Waals surface area contributed by atoms with Crippen molar-refractivity contribution >= 4 is 22.3 Å². The second-order valence-electron chi connectivity index (χ2n) is 6.33. The van der Waals surface area contributed by atoms with Gasteiger partial charge in [-0.05, 0) is 35.2 Å². The first-order valence-corrected chi connectivity index (χ1v) is 7.25. The SMILES string of the molecule is CC(C)(C)c1ccc(Nc2cccc3cccnc23)cc1. The van der Waals surface area contributed by atoms with Gasteiger partial charge in [-0.25, -0.2) is 0 Å². The molecule has 0 radical (unpaired) electrons. The van der Waals surface area contributed by atoms with Crippen molar-refractivity contribution in [3.05, 3.63) is 66.4 Å². The molecule has 0 aliphatic carbocycles. The second kappa shape index (κ2) is 5.21. The Hall–Kier alpha value is -2.35. The van der Waals surface area contributed by atoms with E-state index in [-0.39, 0.29) is 5.41 Å². The van der Waals surface area contributed by atoms with Crippen molar-refractivity contribution in [3.8, 4) is 0 Å². The van der Waals surface area contributed by atoms with E-state index >= 15 is 0 Å². The second-order valence-corrected chi connectivity index (χ2v) is 6.33. The summed E-state index contributed by atoms with van der Waals surface area (Å²) in [6.07, 6.45) is 1.83. The van der Waals surface area contributed by atoms with Gasteiger partial charge in [-0.1, -0.05) is 51.1 Å². The molecule has 0 atom stereocenters. The molecule has 1 N–H and O–H groups in total. The Morgan fingerprint density at radius 3 is 2.29 bits per heavy atom. The molecule has 0 unspecified atom stereocenters. The number of rotatable bonds is 2. The normalized spacial score (nSPS) is 11.6. The van der Waals surface area contributed by atoms with E-state index in [0.717, 1.165) is 22.3 Å². The molecule has 0 saturated heterocycles. The van der Waals surface area contributed by atoms with E-state index in [2.05, 4.69) is 79.6 Å². The standard InChI is InChI=1S/C19H20N2/c1-19(2,3)15-9-11-16(12-10-15)21-17-8-4-6-14-7-5-13-20-18(14)17/h4-13,21H,1-3H3. The predicted octanol–water partition coefficient (Wildman–Crippen LogP) is 5.28. The summed E-state index contributed by atoms with van der Waals surface area (Å²) in [5, 5.41) is 4.61. The van der Waals surface area contributed by atoms with Crippen LogP contribution in [0.2, 0.25) is 0 Å². The van der Waals surface area contributed by atoms with Gasteiger partial charge in [-0.15, -0.1) is 0 Å². The molecule has 0 bridgehead atoms. The van der Waals surface area contributed by atoms with Crippen LogP contribution in [0.25, 0.3) is 10.9 Å². The minimum Gasteiger partial charge on any atom is -0.354 e. The third-order valence-electron chi connectivity index (χ3n) is 3.66. The number of anilines is 2. The maximum atomic E-state index is 4.47. The van der Waals surface area contributed by atoms with Gasteiger partial charge in [0.2, 0.25) is 0 Å². The van der Waals surface area contributed by atoms with Gasteiger partial charge in [0.05, 0.1) is 11.2 Å². The van der Waals surface area contributed by atoms with Gasteiger partial charge in [-0.2, -0.15) is 0 Å². The highest BCUT2D eigenvalue weighted by Crippen LogP contribution is 2.27. The highest BCUT2D eigenvalue weighted by atomic mass is 14.9. The van der Waals surface area contributed by atoms with Crippen molar-refractivity contribution in [1.82, 2.24) is 4.98 Å². The average molecular weight is 276 g/mol. The van der Waals surface area contributed by atoms with Crippen LogP contribution in [0.3, 0.4) is 0 Å². The lowest BCUT2D eigenvalue weighted by molar-refractivity contribution is 0.590. The number of benzene rings is 2. The number of nitrogens with zero attached hydrogens (tertiary/aromatic N) is 1. The fourth-order valence-corrected chi connectivity index (χ4v) is 2.41. The molecule has 1 heterocycles. The van der Waals surface area contributed by atoms with Crippen LogP contribution in [0.4, 0.5) is 11.4 Å². The van der Waals surface area contributed by atoms with E-state index in [4.69, 9.17) is 0 Å². The van der Waals surface area contributed by atoms with Crippen LogP contribution in [0.15, 0.2) is 60.8 Å². The molecule has 1 aromatic heterocycles. The molecule has 21 heavy (non-hydrogen) atoms. The largest absolute Gasteiger partial charge is 0.354 e. The lowest BCUT2D eigenvalue weighted by atomic mass is 9.87. The lowest BCUT2D eigenvalue weighted by Crippen LogP contribution is -2.10. The predicted molar refractivity (Wildman–Crippen MR) is 90.2 cm³/mol. The minimum atomic E-state index is 0.180. The first-order valence-electron chi connectivity index (χ1n) is 7.25. The first kappa shape index (κ1) is 13.6. The summed E-state index contributed by atoms with van der Waals surface area (Å²) in [4.78, 5) is 4.47. The number of fused-ring (bicyclic) bond motifs is 1. The van der Waals surface area contributed by atoms with Gasteiger partial charge in [0.1, 0.15) is 0 Å². The number of hydrogen-bond donors (Lipinski definition) is 1. The topological polar surface area (TPSA) is 24.9 Å². The molecule has 2 aromatic carbocycles. The quantitative estimate of drug-likeness (QED) is 0.689. The van der Waals surface area contributed by atoms with Crippen LogP contribution in [0.1, 0.15) is 26.3 Å². The molecular formula is C19H20N2. The van der Waals surface area contributed by atoms with Crippen LogP contribution in [-0.4, -0.2) is 4.98 Å². The number of pyridine rings is 1. The van der Waals surface area contributed by atoms with Crippen LogP contribution in [0, 0.1) is 0 Å². The molecule has 0 amide bonds. The molecule has 3 rings (SSSR count). The van der Waals surface area contributed by atoms with Gasteiger partial charge in [0.25, 0.3) is 0 Å². The Balaban J connectivity index is 1.92. The first-order chi connectivity index (χ1) is 10.0. The summed E-state index contributed by atoms with van der Waals surface area (Å²) in [7, 11) is 0. The van der Waals surface area contributed by atoms with Crippen molar-refractivity contribution in [3.63, 3.8) is 0 Å². The van der Waals surface area contributed by atoms with Crippen molar-refractivity contribution in [1.29, 1.82) is 0 Å². The van der Waals surface area contributed by atoms with Crippen molar-refractivity contribution in [2.24, 2.45) is 0 Å². The lowest BCUT2D eigenvalue weighted by Gasteiger charge is -2.19. The van der Waals surface area contributed by atoms with Gasteiger partial charge >= 0.3 is 0 Å².